The van der Waals surface area contributed by atoms with Crippen LogP contribution < -0.4 is 10.0 Å². The highest BCUT2D eigenvalue weighted by Gasteiger charge is 2.18. The lowest BCUT2D eigenvalue weighted by molar-refractivity contribution is 0.0935. The minimum atomic E-state index is -3.72. The van der Waals surface area contributed by atoms with E-state index in [2.05, 4.69) is 35.2 Å². The fraction of sp³-hybridized carbons (Fsp3) is 0.269. The Balaban J connectivity index is 1.50. The van der Waals surface area contributed by atoms with E-state index in [1.807, 2.05) is 0 Å². The highest BCUT2D eigenvalue weighted by molar-refractivity contribution is 7.92. The minimum Gasteiger partial charge on any atom is -0.345 e. The van der Waals surface area contributed by atoms with Gasteiger partial charge in [-0.25, -0.2) is 8.42 Å². The van der Waals surface area contributed by atoms with Crippen molar-refractivity contribution in [1.29, 1.82) is 0 Å². The Bertz CT molecular complexity index is 1210. The average Bonchev–Trinajstić information content (AvgIpc) is 2.82. The van der Waals surface area contributed by atoms with Gasteiger partial charge in [0.1, 0.15) is 0 Å². The van der Waals surface area contributed by atoms with E-state index >= 15 is 0 Å². The standard InChI is InChI=1S/C26H28N2O3S/c1-2-25(21-16-15-19-9-6-7-10-20(19)17-21)27-26(29)22-11-8-12-23(18-22)28-32(30,31)24-13-4-3-5-14-24/h3-5,8,11-18,25,28H,2,6-7,9-10H2,1H3,(H,27,29)/t25-/m0/s1. The largest absolute Gasteiger partial charge is 0.345 e. The zero-order valence-electron chi connectivity index (χ0n) is 18.2. The maximum atomic E-state index is 13.0. The number of carbonyl (C=O) groups is 1. The third-order valence-electron chi connectivity index (χ3n) is 5.92. The second kappa shape index (κ2) is 9.57. The molecule has 0 unspecified atom stereocenters. The summed E-state index contributed by atoms with van der Waals surface area (Å²) in [7, 11) is -3.72. The van der Waals surface area contributed by atoms with Gasteiger partial charge in [0.05, 0.1) is 10.9 Å². The van der Waals surface area contributed by atoms with Crippen LogP contribution in [0.5, 0.6) is 0 Å². The van der Waals surface area contributed by atoms with Gasteiger partial charge >= 0.3 is 0 Å². The van der Waals surface area contributed by atoms with Crippen molar-refractivity contribution in [2.75, 3.05) is 4.72 Å². The second-order valence-corrected chi connectivity index (χ2v) is 9.85. The Morgan fingerprint density at radius 3 is 2.41 bits per heavy atom. The van der Waals surface area contributed by atoms with Crippen LogP contribution in [0, 0.1) is 0 Å². The van der Waals surface area contributed by atoms with E-state index in [1.165, 1.54) is 36.1 Å². The molecular formula is C26H28N2O3S. The first kappa shape index (κ1) is 22.1. The van der Waals surface area contributed by atoms with Gasteiger partial charge in [-0.05, 0) is 79.1 Å². The first-order chi connectivity index (χ1) is 15.5. The van der Waals surface area contributed by atoms with Crippen LogP contribution in [0.4, 0.5) is 5.69 Å². The van der Waals surface area contributed by atoms with E-state index in [1.54, 1.807) is 42.5 Å². The van der Waals surface area contributed by atoms with Crippen molar-refractivity contribution < 1.29 is 13.2 Å². The number of aryl methyl sites for hydroxylation is 2. The summed E-state index contributed by atoms with van der Waals surface area (Å²) in [6, 6.07) is 21.2. The van der Waals surface area contributed by atoms with Crippen LogP contribution in [0.15, 0.2) is 77.7 Å². The number of anilines is 1. The molecule has 0 spiro atoms. The Hall–Kier alpha value is -3.12. The van der Waals surface area contributed by atoms with E-state index < -0.39 is 10.0 Å². The van der Waals surface area contributed by atoms with Crippen LogP contribution in [-0.2, 0) is 22.9 Å². The highest BCUT2D eigenvalue weighted by atomic mass is 32.2. The molecule has 3 aromatic carbocycles. The Morgan fingerprint density at radius 2 is 1.66 bits per heavy atom. The minimum absolute atomic E-state index is 0.0978. The number of sulfonamides is 1. The smallest absolute Gasteiger partial charge is 0.261 e. The van der Waals surface area contributed by atoms with Crippen LogP contribution in [0.2, 0.25) is 0 Å². The van der Waals surface area contributed by atoms with Crippen molar-refractivity contribution >= 4 is 21.6 Å². The van der Waals surface area contributed by atoms with Gasteiger partial charge in [-0.1, -0.05) is 49.4 Å². The Labute approximate surface area is 189 Å². The fourth-order valence-corrected chi connectivity index (χ4v) is 5.24. The third kappa shape index (κ3) is 5.02. The molecule has 6 heteroatoms. The number of hydrogen-bond donors (Lipinski definition) is 2. The molecule has 4 rings (SSSR count). The lowest BCUT2D eigenvalue weighted by atomic mass is 9.88. The van der Waals surface area contributed by atoms with Gasteiger partial charge in [-0.2, -0.15) is 0 Å². The molecule has 0 saturated heterocycles. The van der Waals surface area contributed by atoms with Gasteiger partial charge in [0.2, 0.25) is 0 Å². The molecule has 0 aliphatic heterocycles. The van der Waals surface area contributed by atoms with Gasteiger partial charge in [-0.15, -0.1) is 0 Å². The molecular weight excluding hydrogens is 420 g/mol. The summed E-state index contributed by atoms with van der Waals surface area (Å²) in [6.45, 7) is 2.05. The van der Waals surface area contributed by atoms with Crippen molar-refractivity contribution in [3.8, 4) is 0 Å². The molecule has 0 fully saturated rings. The molecule has 0 radical (unpaired) electrons. The SMILES string of the molecule is CC[C@H](NC(=O)c1cccc(NS(=O)(=O)c2ccccc2)c1)c1ccc2c(c1)CCCC2. The topological polar surface area (TPSA) is 75.3 Å². The molecule has 0 heterocycles. The fourth-order valence-electron chi connectivity index (χ4n) is 4.17. The van der Waals surface area contributed by atoms with Crippen LogP contribution >= 0.6 is 0 Å². The average molecular weight is 449 g/mol. The van der Waals surface area contributed by atoms with Gasteiger partial charge in [0.25, 0.3) is 15.9 Å². The van der Waals surface area contributed by atoms with Crippen molar-refractivity contribution in [3.63, 3.8) is 0 Å². The lowest BCUT2D eigenvalue weighted by Gasteiger charge is -2.22. The quantitative estimate of drug-likeness (QED) is 0.519. The van der Waals surface area contributed by atoms with Gasteiger partial charge < -0.3 is 5.32 Å². The van der Waals surface area contributed by atoms with E-state index in [-0.39, 0.29) is 16.8 Å². The number of benzene rings is 3. The summed E-state index contributed by atoms with van der Waals surface area (Å²) in [4.78, 5) is 13.1. The van der Waals surface area contributed by atoms with E-state index in [9.17, 15) is 13.2 Å². The van der Waals surface area contributed by atoms with Gasteiger partial charge in [0.15, 0.2) is 0 Å². The Morgan fingerprint density at radius 1 is 0.906 bits per heavy atom. The summed E-state index contributed by atoms with van der Waals surface area (Å²) in [6.07, 6.45) is 5.45. The summed E-state index contributed by atoms with van der Waals surface area (Å²) in [5.74, 6) is -0.227. The van der Waals surface area contributed by atoms with E-state index in [0.29, 0.717) is 11.3 Å². The molecule has 0 aromatic heterocycles. The van der Waals surface area contributed by atoms with Crippen LogP contribution in [0.25, 0.3) is 0 Å². The molecule has 3 aromatic rings. The normalized spacial score (nSPS) is 14.3. The van der Waals surface area contributed by atoms with Crippen molar-refractivity contribution in [2.24, 2.45) is 0 Å². The predicted octanol–water partition coefficient (Wildman–Crippen LogP) is 5.25. The molecule has 166 valence electrons. The lowest BCUT2D eigenvalue weighted by Crippen LogP contribution is -2.28. The monoisotopic (exact) mass is 448 g/mol. The van der Waals surface area contributed by atoms with Crippen LogP contribution in [-0.4, -0.2) is 14.3 Å². The maximum absolute atomic E-state index is 13.0. The molecule has 2 N–H and O–H groups in total. The first-order valence-electron chi connectivity index (χ1n) is 11.1. The molecule has 5 nitrogen and oxygen atoms in total. The number of nitrogens with one attached hydrogen (secondary N) is 2. The number of amides is 1. The number of carbonyl (C=O) groups excluding carboxylic acids is 1. The number of fused-ring (bicyclic) bond motifs is 1. The summed E-state index contributed by atoms with van der Waals surface area (Å²) >= 11 is 0. The highest BCUT2D eigenvalue weighted by Crippen LogP contribution is 2.26. The molecule has 0 bridgehead atoms. The van der Waals surface area contributed by atoms with Crippen molar-refractivity contribution in [3.05, 3.63) is 95.1 Å². The number of hydrogen-bond acceptors (Lipinski definition) is 3. The van der Waals surface area contributed by atoms with E-state index in [4.69, 9.17) is 0 Å². The van der Waals surface area contributed by atoms with Gasteiger partial charge in [-0.3, -0.25) is 9.52 Å². The summed E-state index contributed by atoms with van der Waals surface area (Å²) in [5, 5.41) is 3.11. The molecule has 1 aliphatic rings. The molecule has 1 atom stereocenters. The molecule has 1 aliphatic carbocycles. The third-order valence-corrected chi connectivity index (χ3v) is 7.32. The van der Waals surface area contributed by atoms with Crippen LogP contribution in [0.3, 0.4) is 0 Å². The molecule has 32 heavy (non-hydrogen) atoms. The van der Waals surface area contributed by atoms with Gasteiger partial charge in [0, 0.05) is 11.3 Å². The predicted molar refractivity (Wildman–Crippen MR) is 127 cm³/mol. The molecule has 0 saturated carbocycles. The summed E-state index contributed by atoms with van der Waals surface area (Å²) in [5.41, 5.74) is 4.68. The van der Waals surface area contributed by atoms with E-state index in [0.717, 1.165) is 24.8 Å². The zero-order chi connectivity index (χ0) is 22.6. The zero-order valence-corrected chi connectivity index (χ0v) is 19.0. The second-order valence-electron chi connectivity index (χ2n) is 8.17. The molecule has 1 amide bonds. The first-order valence-corrected chi connectivity index (χ1v) is 12.5. The van der Waals surface area contributed by atoms with Crippen molar-refractivity contribution in [2.45, 2.75) is 50.0 Å². The summed E-state index contributed by atoms with van der Waals surface area (Å²) < 4.78 is 27.8. The number of rotatable bonds is 7. The van der Waals surface area contributed by atoms with Crippen LogP contribution in [0.1, 0.15) is 59.3 Å². The van der Waals surface area contributed by atoms with Crippen molar-refractivity contribution in [1.82, 2.24) is 5.32 Å². The maximum Gasteiger partial charge on any atom is 0.261 e. The Kier molecular flexibility index (Phi) is 6.61.